The Balaban J connectivity index is 2.26. The van der Waals surface area contributed by atoms with E-state index in [1.54, 1.807) is 0 Å². The number of hydrogen-bond acceptors (Lipinski definition) is 5. The monoisotopic (exact) mass is 269 g/mol. The number of hydrogen-bond donors (Lipinski definition) is 1. The van der Waals surface area contributed by atoms with E-state index < -0.39 is 12.0 Å². The zero-order valence-corrected chi connectivity index (χ0v) is 12.0. The van der Waals surface area contributed by atoms with Gasteiger partial charge in [-0.1, -0.05) is 27.7 Å². The Morgan fingerprint density at radius 2 is 2.17 bits per heavy atom. The molecule has 5 nitrogen and oxygen atoms in total. The summed E-state index contributed by atoms with van der Waals surface area (Å²) in [4.78, 5) is 17.7. The van der Waals surface area contributed by atoms with Gasteiger partial charge in [-0.15, -0.1) is 0 Å². The summed E-state index contributed by atoms with van der Waals surface area (Å²) < 4.78 is 4.35. The Morgan fingerprint density at radius 3 is 2.67 bits per heavy atom. The molecule has 1 saturated heterocycles. The molecule has 0 bridgehead atoms. The topological polar surface area (TPSA) is 66.3 Å². The Bertz CT molecular complexity index is 452. The summed E-state index contributed by atoms with van der Waals surface area (Å²) in [5.41, 5.74) is -0.0984. The number of aromatic nitrogens is 2. The molecule has 2 unspecified atom stereocenters. The van der Waals surface area contributed by atoms with Crippen molar-refractivity contribution < 1.29 is 9.90 Å². The Morgan fingerprint density at radius 1 is 1.50 bits per heavy atom. The minimum Gasteiger partial charge on any atom is -0.480 e. The third kappa shape index (κ3) is 2.34. The molecule has 1 fully saturated rings. The molecule has 0 spiro atoms. The van der Waals surface area contributed by atoms with Crippen LogP contribution in [0.5, 0.6) is 0 Å². The first kappa shape index (κ1) is 13.3. The van der Waals surface area contributed by atoms with Crippen molar-refractivity contribution in [1.82, 2.24) is 9.36 Å². The van der Waals surface area contributed by atoms with Gasteiger partial charge in [-0.3, -0.25) is 0 Å². The number of aliphatic carboxylic acids is 1. The third-order valence-corrected chi connectivity index (χ3v) is 4.04. The van der Waals surface area contributed by atoms with Gasteiger partial charge in [-0.2, -0.15) is 4.37 Å². The summed E-state index contributed by atoms with van der Waals surface area (Å²) in [6.45, 7) is 8.89. The summed E-state index contributed by atoms with van der Waals surface area (Å²) in [6, 6.07) is -0.467. The van der Waals surface area contributed by atoms with Crippen molar-refractivity contribution in [2.75, 3.05) is 11.4 Å². The average Bonchev–Trinajstić information content (AvgIpc) is 2.81. The van der Waals surface area contributed by atoms with E-state index in [-0.39, 0.29) is 11.3 Å². The Hall–Kier alpha value is -1.17. The van der Waals surface area contributed by atoms with Crippen LogP contribution in [-0.2, 0) is 10.2 Å². The summed E-state index contributed by atoms with van der Waals surface area (Å²) >= 11 is 1.30. The number of nitrogens with zero attached hydrogens (tertiary/aromatic N) is 3. The van der Waals surface area contributed by atoms with Gasteiger partial charge >= 0.3 is 5.97 Å². The van der Waals surface area contributed by atoms with Gasteiger partial charge in [0.2, 0.25) is 5.13 Å². The summed E-state index contributed by atoms with van der Waals surface area (Å²) in [5, 5.41) is 10.0. The third-order valence-electron chi connectivity index (χ3n) is 3.28. The maximum absolute atomic E-state index is 11.3. The van der Waals surface area contributed by atoms with Gasteiger partial charge in [0, 0.05) is 23.5 Å². The lowest BCUT2D eigenvalue weighted by atomic mass is 9.96. The largest absolute Gasteiger partial charge is 0.480 e. The van der Waals surface area contributed by atoms with Crippen molar-refractivity contribution in [2.24, 2.45) is 5.92 Å². The van der Waals surface area contributed by atoms with E-state index in [1.807, 2.05) is 11.8 Å². The van der Waals surface area contributed by atoms with Gasteiger partial charge in [0.1, 0.15) is 11.9 Å². The smallest absolute Gasteiger partial charge is 0.326 e. The van der Waals surface area contributed by atoms with Crippen molar-refractivity contribution in [1.29, 1.82) is 0 Å². The highest BCUT2D eigenvalue weighted by Crippen LogP contribution is 2.32. The van der Waals surface area contributed by atoms with Gasteiger partial charge in [0.15, 0.2) is 0 Å². The maximum atomic E-state index is 11.3. The second kappa shape index (κ2) is 4.50. The highest BCUT2D eigenvalue weighted by molar-refractivity contribution is 7.09. The van der Waals surface area contributed by atoms with E-state index in [1.165, 1.54) is 11.5 Å². The average molecular weight is 269 g/mol. The van der Waals surface area contributed by atoms with Crippen molar-refractivity contribution in [3.05, 3.63) is 5.82 Å². The molecule has 2 atom stereocenters. The number of carboxylic acid groups (broad SMARTS) is 1. The SMILES string of the molecule is CC1CCN(c2nc(C(C)(C)C)ns2)C1C(=O)O. The second-order valence-corrected chi connectivity index (χ2v) is 6.62. The molecular formula is C12H19N3O2S. The molecule has 2 heterocycles. The van der Waals surface area contributed by atoms with E-state index in [4.69, 9.17) is 0 Å². The van der Waals surface area contributed by atoms with Crippen LogP contribution in [0.2, 0.25) is 0 Å². The number of rotatable bonds is 2. The first-order valence-corrected chi connectivity index (χ1v) is 6.91. The summed E-state index contributed by atoms with van der Waals surface area (Å²) in [7, 11) is 0. The molecule has 0 saturated carbocycles. The predicted octanol–water partition coefficient (Wildman–Crippen LogP) is 2.13. The van der Waals surface area contributed by atoms with Crippen molar-refractivity contribution in [2.45, 2.75) is 45.6 Å². The lowest BCUT2D eigenvalue weighted by Gasteiger charge is -2.22. The number of anilines is 1. The highest BCUT2D eigenvalue weighted by atomic mass is 32.1. The first-order valence-electron chi connectivity index (χ1n) is 6.14. The van der Waals surface area contributed by atoms with E-state index in [0.717, 1.165) is 23.9 Å². The van der Waals surface area contributed by atoms with Gasteiger partial charge < -0.3 is 10.0 Å². The van der Waals surface area contributed by atoms with Crippen LogP contribution in [0.3, 0.4) is 0 Å². The molecular weight excluding hydrogens is 250 g/mol. The van der Waals surface area contributed by atoms with Crippen LogP contribution in [0.1, 0.15) is 39.9 Å². The molecule has 100 valence electrons. The van der Waals surface area contributed by atoms with E-state index >= 15 is 0 Å². The zero-order chi connectivity index (χ0) is 13.5. The molecule has 0 radical (unpaired) electrons. The fourth-order valence-corrected chi connectivity index (χ4v) is 3.09. The molecule has 1 aromatic rings. The molecule has 6 heteroatoms. The molecule has 1 aliphatic rings. The van der Waals surface area contributed by atoms with Crippen molar-refractivity contribution >= 4 is 22.6 Å². The second-order valence-electron chi connectivity index (χ2n) is 5.89. The number of carboxylic acids is 1. The quantitative estimate of drug-likeness (QED) is 0.891. The molecule has 0 aliphatic carbocycles. The fraction of sp³-hybridized carbons (Fsp3) is 0.750. The first-order chi connectivity index (χ1) is 8.30. The van der Waals surface area contributed by atoms with Gasteiger partial charge in [0.05, 0.1) is 0 Å². The molecule has 18 heavy (non-hydrogen) atoms. The lowest BCUT2D eigenvalue weighted by Crippen LogP contribution is -2.39. The van der Waals surface area contributed by atoms with Gasteiger partial charge in [-0.05, 0) is 12.3 Å². The Labute approximate surface area is 111 Å². The lowest BCUT2D eigenvalue weighted by molar-refractivity contribution is -0.139. The zero-order valence-electron chi connectivity index (χ0n) is 11.2. The van der Waals surface area contributed by atoms with Crippen LogP contribution in [-0.4, -0.2) is 33.0 Å². The van der Waals surface area contributed by atoms with Crippen LogP contribution in [0.4, 0.5) is 5.13 Å². The standard InChI is InChI=1S/C12H19N3O2S/c1-7-5-6-15(8(7)9(16)17)11-13-10(14-18-11)12(2,3)4/h7-8H,5-6H2,1-4H3,(H,16,17). The predicted molar refractivity (Wildman–Crippen MR) is 71.2 cm³/mol. The van der Waals surface area contributed by atoms with Gasteiger partial charge in [-0.25, -0.2) is 9.78 Å². The van der Waals surface area contributed by atoms with Crippen LogP contribution < -0.4 is 4.90 Å². The van der Waals surface area contributed by atoms with Crippen LogP contribution in [0.25, 0.3) is 0 Å². The molecule has 2 rings (SSSR count). The molecule has 1 N–H and O–H groups in total. The number of carbonyl (C=O) groups is 1. The molecule has 1 aliphatic heterocycles. The van der Waals surface area contributed by atoms with E-state index in [9.17, 15) is 9.90 Å². The van der Waals surface area contributed by atoms with Crippen LogP contribution in [0, 0.1) is 5.92 Å². The van der Waals surface area contributed by atoms with Crippen molar-refractivity contribution in [3.63, 3.8) is 0 Å². The summed E-state index contributed by atoms with van der Waals surface area (Å²) in [5.74, 6) is 0.170. The van der Waals surface area contributed by atoms with Crippen LogP contribution >= 0.6 is 11.5 Å². The minimum absolute atomic E-state index is 0.0984. The van der Waals surface area contributed by atoms with Crippen LogP contribution in [0.15, 0.2) is 0 Å². The maximum Gasteiger partial charge on any atom is 0.326 e. The summed E-state index contributed by atoms with van der Waals surface area (Å²) in [6.07, 6.45) is 0.890. The van der Waals surface area contributed by atoms with E-state index in [2.05, 4.69) is 30.1 Å². The van der Waals surface area contributed by atoms with Crippen molar-refractivity contribution in [3.8, 4) is 0 Å². The molecule has 0 amide bonds. The highest BCUT2D eigenvalue weighted by Gasteiger charge is 2.38. The molecule has 1 aromatic heterocycles. The Kier molecular flexibility index (Phi) is 3.31. The normalized spacial score (nSPS) is 24.6. The van der Waals surface area contributed by atoms with E-state index in [0.29, 0.717) is 0 Å². The molecule has 0 aromatic carbocycles. The minimum atomic E-state index is -0.771. The fourth-order valence-electron chi connectivity index (χ4n) is 2.17. The van der Waals surface area contributed by atoms with Gasteiger partial charge in [0.25, 0.3) is 0 Å².